The first-order chi connectivity index (χ1) is 18.7. The minimum atomic E-state index is -0.645. The van der Waals surface area contributed by atoms with E-state index in [1.54, 1.807) is 6.20 Å². The Balaban J connectivity index is 1.25. The molecule has 0 radical (unpaired) electrons. The van der Waals surface area contributed by atoms with E-state index < -0.39 is 6.10 Å². The van der Waals surface area contributed by atoms with Gasteiger partial charge in [-0.15, -0.1) is 0 Å². The average molecular weight is 525 g/mol. The molecule has 2 aromatic heterocycles. The average Bonchev–Trinajstić information content (AvgIpc) is 3.26. The van der Waals surface area contributed by atoms with Crippen LogP contribution in [0.4, 0.5) is 0 Å². The van der Waals surface area contributed by atoms with E-state index in [0.717, 1.165) is 45.9 Å². The third-order valence-corrected chi connectivity index (χ3v) is 7.41. The van der Waals surface area contributed by atoms with Gasteiger partial charge in [-0.2, -0.15) is 0 Å². The van der Waals surface area contributed by atoms with Crippen LogP contribution in [0.3, 0.4) is 0 Å². The zero-order valence-corrected chi connectivity index (χ0v) is 23.7. The fraction of sp³-hybridized carbons (Fsp3) is 0.333. The van der Waals surface area contributed by atoms with Gasteiger partial charge in [-0.25, -0.2) is 4.98 Å². The molecule has 0 aliphatic carbocycles. The third-order valence-electron chi connectivity index (χ3n) is 7.41. The summed E-state index contributed by atoms with van der Waals surface area (Å²) in [7, 11) is 0. The molecule has 6 nitrogen and oxygen atoms in total. The Hall–Kier alpha value is -3.74. The summed E-state index contributed by atoms with van der Waals surface area (Å²) in [4.78, 5) is 17.2. The Morgan fingerprint density at radius 3 is 2.38 bits per heavy atom. The topological polar surface area (TPSA) is 79.2 Å². The molecule has 0 saturated carbocycles. The first-order valence-corrected chi connectivity index (χ1v) is 13.6. The maximum atomic E-state index is 12.6. The summed E-state index contributed by atoms with van der Waals surface area (Å²) in [6.45, 7) is 11.4. The first-order valence-electron chi connectivity index (χ1n) is 13.6. The number of benzene rings is 2. The monoisotopic (exact) mass is 524 g/mol. The number of pyridine rings is 1. The Labute approximate surface area is 232 Å². The van der Waals surface area contributed by atoms with Gasteiger partial charge in [0.15, 0.2) is 0 Å². The molecule has 0 saturated heterocycles. The summed E-state index contributed by atoms with van der Waals surface area (Å²) in [6.07, 6.45) is 2.26. The second-order valence-electron chi connectivity index (χ2n) is 10.6. The van der Waals surface area contributed by atoms with Crippen molar-refractivity contribution >= 4 is 5.91 Å². The number of aliphatic hydroxyl groups is 1. The lowest BCUT2D eigenvalue weighted by atomic mass is 10.0. The molecule has 3 N–H and O–H groups in total. The number of aromatic nitrogens is 2. The standard InChI is InChI=1S/C33H40N4O2/c1-22-8-6-11-29(26(22)5)19-36-33(39)18-28-10-7-9-27(17-28)16-23(2)34-21-31(38)30-14-15-32(35-20-30)37-24(3)12-13-25(37)4/h6-15,17,20,23,31,34,38H,16,18-19,21H2,1-5H3,(H,36,39). The lowest BCUT2D eigenvalue weighted by Crippen LogP contribution is -2.32. The van der Waals surface area contributed by atoms with Crippen LogP contribution in [-0.2, 0) is 24.2 Å². The van der Waals surface area contributed by atoms with E-state index in [1.807, 2.05) is 30.3 Å². The van der Waals surface area contributed by atoms with Crippen molar-refractivity contribution < 1.29 is 9.90 Å². The molecule has 204 valence electrons. The molecular formula is C33H40N4O2. The maximum absolute atomic E-state index is 12.6. The van der Waals surface area contributed by atoms with Crippen molar-refractivity contribution in [2.24, 2.45) is 0 Å². The van der Waals surface area contributed by atoms with Crippen molar-refractivity contribution in [1.29, 1.82) is 0 Å². The summed E-state index contributed by atoms with van der Waals surface area (Å²) < 4.78 is 2.10. The number of carbonyl (C=O) groups excluding carboxylic acids is 1. The second kappa shape index (κ2) is 12.9. The number of amides is 1. The summed E-state index contributed by atoms with van der Waals surface area (Å²) >= 11 is 0. The number of hydrogen-bond acceptors (Lipinski definition) is 4. The molecule has 2 aromatic carbocycles. The van der Waals surface area contributed by atoms with E-state index in [-0.39, 0.29) is 11.9 Å². The van der Waals surface area contributed by atoms with Crippen molar-refractivity contribution in [2.75, 3.05) is 6.54 Å². The lowest BCUT2D eigenvalue weighted by Gasteiger charge is -2.18. The largest absolute Gasteiger partial charge is 0.387 e. The fourth-order valence-corrected chi connectivity index (χ4v) is 4.92. The van der Waals surface area contributed by atoms with Gasteiger partial charge < -0.3 is 20.3 Å². The van der Waals surface area contributed by atoms with Gasteiger partial charge in [0.1, 0.15) is 5.82 Å². The Kier molecular flexibility index (Phi) is 9.33. The zero-order chi connectivity index (χ0) is 27.9. The van der Waals surface area contributed by atoms with E-state index in [4.69, 9.17) is 0 Å². The van der Waals surface area contributed by atoms with Gasteiger partial charge in [0.25, 0.3) is 0 Å². The number of hydrogen-bond donors (Lipinski definition) is 3. The van der Waals surface area contributed by atoms with Crippen molar-refractivity contribution in [3.05, 3.63) is 118 Å². The molecule has 0 bridgehead atoms. The van der Waals surface area contributed by atoms with Crippen LogP contribution >= 0.6 is 0 Å². The number of rotatable bonds is 11. The van der Waals surface area contributed by atoms with Gasteiger partial charge in [0.05, 0.1) is 12.5 Å². The predicted octanol–water partition coefficient (Wildman–Crippen LogP) is 5.22. The molecule has 2 heterocycles. The van der Waals surface area contributed by atoms with Crippen LogP contribution in [0, 0.1) is 27.7 Å². The smallest absolute Gasteiger partial charge is 0.224 e. The highest BCUT2D eigenvalue weighted by Crippen LogP contribution is 2.18. The first kappa shape index (κ1) is 28.3. The lowest BCUT2D eigenvalue weighted by molar-refractivity contribution is -0.120. The zero-order valence-electron chi connectivity index (χ0n) is 23.7. The van der Waals surface area contributed by atoms with Crippen LogP contribution in [-0.4, -0.2) is 33.2 Å². The van der Waals surface area contributed by atoms with E-state index in [1.165, 1.54) is 11.1 Å². The number of aryl methyl sites for hydroxylation is 3. The molecule has 1 amide bonds. The third kappa shape index (κ3) is 7.43. The van der Waals surface area contributed by atoms with Gasteiger partial charge >= 0.3 is 0 Å². The molecular weight excluding hydrogens is 484 g/mol. The van der Waals surface area contributed by atoms with Gasteiger partial charge in [0, 0.05) is 42.3 Å². The van der Waals surface area contributed by atoms with E-state index in [9.17, 15) is 9.90 Å². The van der Waals surface area contributed by atoms with Crippen LogP contribution in [0.2, 0.25) is 0 Å². The van der Waals surface area contributed by atoms with Crippen LogP contribution in [0.25, 0.3) is 5.82 Å². The van der Waals surface area contributed by atoms with Crippen LogP contribution in [0.1, 0.15) is 57.8 Å². The Bertz CT molecular complexity index is 1390. The van der Waals surface area contributed by atoms with E-state index in [2.05, 4.69) is 91.2 Å². The van der Waals surface area contributed by atoms with Crippen molar-refractivity contribution in [1.82, 2.24) is 20.2 Å². The van der Waals surface area contributed by atoms with Crippen molar-refractivity contribution in [3.8, 4) is 5.82 Å². The summed E-state index contributed by atoms with van der Waals surface area (Å²) in [5.74, 6) is 0.871. The molecule has 0 aliphatic rings. The molecule has 0 aliphatic heterocycles. The molecule has 0 spiro atoms. The molecule has 4 aromatic rings. The Morgan fingerprint density at radius 2 is 1.67 bits per heavy atom. The van der Waals surface area contributed by atoms with Gasteiger partial charge in [-0.3, -0.25) is 4.79 Å². The summed E-state index contributed by atoms with van der Waals surface area (Å²) in [5, 5.41) is 17.2. The van der Waals surface area contributed by atoms with Gasteiger partial charge in [-0.1, -0.05) is 48.5 Å². The molecule has 39 heavy (non-hydrogen) atoms. The minimum absolute atomic E-state index is 0.0177. The predicted molar refractivity (Wildman–Crippen MR) is 157 cm³/mol. The second-order valence-corrected chi connectivity index (χ2v) is 10.6. The number of carbonyl (C=O) groups is 1. The van der Waals surface area contributed by atoms with E-state index in [0.29, 0.717) is 19.5 Å². The summed E-state index contributed by atoms with van der Waals surface area (Å²) in [5.41, 5.74) is 8.81. The van der Waals surface area contributed by atoms with Crippen molar-refractivity contribution in [2.45, 2.75) is 66.2 Å². The van der Waals surface area contributed by atoms with Gasteiger partial charge in [-0.05, 0) is 87.1 Å². The summed E-state index contributed by atoms with van der Waals surface area (Å²) in [6, 6.07) is 22.5. The van der Waals surface area contributed by atoms with Crippen molar-refractivity contribution in [3.63, 3.8) is 0 Å². The molecule has 4 rings (SSSR count). The molecule has 2 unspecified atom stereocenters. The minimum Gasteiger partial charge on any atom is -0.387 e. The quantitative estimate of drug-likeness (QED) is 0.251. The van der Waals surface area contributed by atoms with Gasteiger partial charge in [0.2, 0.25) is 5.91 Å². The maximum Gasteiger partial charge on any atom is 0.224 e. The normalized spacial score (nSPS) is 12.8. The number of nitrogens with zero attached hydrogens (tertiary/aromatic N) is 2. The highest BCUT2D eigenvalue weighted by molar-refractivity contribution is 5.78. The molecule has 0 fully saturated rings. The van der Waals surface area contributed by atoms with E-state index >= 15 is 0 Å². The number of aliphatic hydroxyl groups excluding tert-OH is 1. The van der Waals surface area contributed by atoms with Crippen LogP contribution in [0.5, 0.6) is 0 Å². The highest BCUT2D eigenvalue weighted by atomic mass is 16.3. The Morgan fingerprint density at radius 1 is 0.949 bits per heavy atom. The fourth-order valence-electron chi connectivity index (χ4n) is 4.92. The SMILES string of the molecule is Cc1cccc(CNC(=O)Cc2cccc(CC(C)NCC(O)c3ccc(-n4c(C)ccc4C)nc3)c2)c1C. The molecule has 2 atom stereocenters. The molecule has 6 heteroatoms. The van der Waals surface area contributed by atoms with Crippen LogP contribution < -0.4 is 10.6 Å². The number of nitrogens with one attached hydrogen (secondary N) is 2. The highest BCUT2D eigenvalue weighted by Gasteiger charge is 2.13. The van der Waals surface area contributed by atoms with Crippen LogP contribution in [0.15, 0.2) is 72.9 Å².